The summed E-state index contributed by atoms with van der Waals surface area (Å²) in [6.45, 7) is 4.77. The van der Waals surface area contributed by atoms with Crippen molar-refractivity contribution in [2.75, 3.05) is 6.54 Å². The maximum Gasteiger partial charge on any atom is 0.276 e. The van der Waals surface area contributed by atoms with Gasteiger partial charge in [0.25, 0.3) is 5.91 Å². The van der Waals surface area contributed by atoms with Gasteiger partial charge < -0.3 is 13.9 Å². The molecule has 1 aliphatic heterocycles. The van der Waals surface area contributed by atoms with Crippen LogP contribution in [0, 0.1) is 0 Å². The van der Waals surface area contributed by atoms with Crippen LogP contribution in [0.5, 0.6) is 0 Å². The number of halogens is 1. The van der Waals surface area contributed by atoms with Crippen molar-refractivity contribution in [2.45, 2.75) is 38.6 Å². The lowest BCUT2D eigenvalue weighted by atomic mass is 10.1. The lowest BCUT2D eigenvalue weighted by molar-refractivity contribution is 0.0720. The normalized spacial score (nSPS) is 17.0. The monoisotopic (exact) mass is 385 g/mol. The van der Waals surface area contributed by atoms with Crippen molar-refractivity contribution in [3.63, 3.8) is 0 Å². The molecule has 1 aliphatic rings. The molecule has 3 heterocycles. The first-order valence-corrected chi connectivity index (χ1v) is 9.41. The van der Waals surface area contributed by atoms with Crippen molar-refractivity contribution < 1.29 is 13.8 Å². The van der Waals surface area contributed by atoms with Crippen molar-refractivity contribution >= 4 is 17.5 Å². The number of carbonyl (C=O) groups excluding carboxylic acids is 1. The molecule has 2 aromatic heterocycles. The Balaban J connectivity index is 1.55. The number of aromatic nitrogens is 2. The van der Waals surface area contributed by atoms with Gasteiger partial charge in [-0.25, -0.2) is 0 Å². The van der Waals surface area contributed by atoms with Crippen LogP contribution in [0.2, 0.25) is 5.02 Å². The third-order valence-electron chi connectivity index (χ3n) is 4.83. The summed E-state index contributed by atoms with van der Waals surface area (Å²) in [5.41, 5.74) is 1.91. The van der Waals surface area contributed by atoms with E-state index in [9.17, 15) is 4.79 Å². The Hall–Kier alpha value is -2.60. The van der Waals surface area contributed by atoms with Crippen molar-refractivity contribution in [1.29, 1.82) is 0 Å². The molecular weight excluding hydrogens is 366 g/mol. The number of carbonyl (C=O) groups is 1. The fraction of sp³-hybridized carbons (Fsp3) is 0.350. The van der Waals surface area contributed by atoms with Gasteiger partial charge in [0.15, 0.2) is 11.5 Å². The number of amides is 1. The van der Waals surface area contributed by atoms with Crippen LogP contribution >= 0.6 is 11.6 Å². The summed E-state index contributed by atoms with van der Waals surface area (Å²) in [6, 6.07) is 10.7. The van der Waals surface area contributed by atoms with Crippen LogP contribution in [0.4, 0.5) is 0 Å². The number of hydrogen-bond donors (Lipinski definition) is 0. The zero-order valence-corrected chi connectivity index (χ0v) is 15.9. The van der Waals surface area contributed by atoms with Crippen LogP contribution in [0.15, 0.2) is 45.4 Å². The Kier molecular flexibility index (Phi) is 4.74. The van der Waals surface area contributed by atoms with Crippen LogP contribution in [0.25, 0.3) is 11.3 Å². The molecule has 0 radical (unpaired) electrons. The molecule has 27 heavy (non-hydrogen) atoms. The molecule has 3 aromatic rings. The second-order valence-electron chi connectivity index (χ2n) is 7.05. The van der Waals surface area contributed by atoms with E-state index in [-0.39, 0.29) is 17.9 Å². The van der Waals surface area contributed by atoms with E-state index >= 15 is 0 Å². The maximum absolute atomic E-state index is 13.0. The Bertz CT molecular complexity index is 946. The van der Waals surface area contributed by atoms with E-state index in [0.717, 1.165) is 29.9 Å². The molecule has 1 amide bonds. The summed E-state index contributed by atoms with van der Waals surface area (Å²) < 4.78 is 10.8. The molecule has 6 nitrogen and oxygen atoms in total. The smallest absolute Gasteiger partial charge is 0.276 e. The number of benzene rings is 1. The highest BCUT2D eigenvalue weighted by Crippen LogP contribution is 2.34. The van der Waals surface area contributed by atoms with Crippen molar-refractivity contribution in [3.05, 3.63) is 58.6 Å². The molecule has 1 aromatic carbocycles. The van der Waals surface area contributed by atoms with Crippen molar-refractivity contribution in [3.8, 4) is 11.3 Å². The highest BCUT2D eigenvalue weighted by atomic mass is 35.5. The predicted molar refractivity (Wildman–Crippen MR) is 101 cm³/mol. The van der Waals surface area contributed by atoms with Gasteiger partial charge in [0, 0.05) is 35.2 Å². The molecular formula is C20H20ClN3O3. The largest absolute Gasteiger partial charge is 0.361 e. The predicted octanol–water partition coefficient (Wildman–Crippen LogP) is 5.08. The van der Waals surface area contributed by atoms with Crippen LogP contribution in [0.1, 0.15) is 60.6 Å². The summed E-state index contributed by atoms with van der Waals surface area (Å²) in [6.07, 6.45) is 1.78. The number of rotatable bonds is 4. The summed E-state index contributed by atoms with van der Waals surface area (Å²) in [4.78, 5) is 14.8. The molecule has 0 aliphatic carbocycles. The van der Waals surface area contributed by atoms with Crippen LogP contribution in [-0.2, 0) is 0 Å². The number of hydrogen-bond acceptors (Lipinski definition) is 5. The van der Waals surface area contributed by atoms with Crippen molar-refractivity contribution in [2.24, 2.45) is 0 Å². The van der Waals surface area contributed by atoms with Crippen LogP contribution in [-0.4, -0.2) is 27.7 Å². The second kappa shape index (κ2) is 7.19. The molecule has 1 fully saturated rings. The average molecular weight is 386 g/mol. The van der Waals surface area contributed by atoms with E-state index in [1.54, 1.807) is 23.1 Å². The van der Waals surface area contributed by atoms with Gasteiger partial charge in [-0.3, -0.25) is 4.79 Å². The van der Waals surface area contributed by atoms with E-state index in [1.807, 2.05) is 18.2 Å². The Morgan fingerprint density at radius 1 is 1.19 bits per heavy atom. The first kappa shape index (κ1) is 17.8. The zero-order valence-electron chi connectivity index (χ0n) is 15.2. The van der Waals surface area contributed by atoms with Gasteiger partial charge in [0.2, 0.25) is 0 Å². The van der Waals surface area contributed by atoms with Gasteiger partial charge in [-0.15, -0.1) is 0 Å². The molecule has 1 saturated heterocycles. The summed E-state index contributed by atoms with van der Waals surface area (Å²) in [5, 5.41) is 8.80. The molecule has 0 unspecified atom stereocenters. The fourth-order valence-corrected chi connectivity index (χ4v) is 3.45. The lowest BCUT2D eigenvalue weighted by Gasteiger charge is -2.21. The second-order valence-corrected chi connectivity index (χ2v) is 7.49. The topological polar surface area (TPSA) is 72.4 Å². The Morgan fingerprint density at radius 2 is 1.96 bits per heavy atom. The molecule has 0 spiro atoms. The first-order chi connectivity index (χ1) is 13.0. The minimum Gasteiger partial charge on any atom is -0.361 e. The summed E-state index contributed by atoms with van der Waals surface area (Å²) in [7, 11) is 0. The minimum atomic E-state index is -0.157. The van der Waals surface area contributed by atoms with Crippen molar-refractivity contribution in [1.82, 2.24) is 15.2 Å². The van der Waals surface area contributed by atoms with Gasteiger partial charge >= 0.3 is 0 Å². The average Bonchev–Trinajstić information content (AvgIpc) is 3.40. The number of nitrogens with zero attached hydrogens (tertiary/aromatic N) is 3. The van der Waals surface area contributed by atoms with Gasteiger partial charge in [-0.1, -0.05) is 35.8 Å². The molecule has 4 rings (SSSR count). The van der Waals surface area contributed by atoms with E-state index in [2.05, 4.69) is 24.2 Å². The molecule has 0 saturated carbocycles. The highest BCUT2D eigenvalue weighted by Gasteiger charge is 2.34. The standard InChI is InChI=1S/C20H20ClN3O3/c1-12(2)18-10-15(22-26-18)17-4-3-9-24(17)20(25)16-11-19(27-23-16)13-5-7-14(21)8-6-13/h5-8,10-12,17H,3-4,9H2,1-2H3/t17-/m1/s1. The van der Waals surface area contributed by atoms with Gasteiger partial charge in [0.1, 0.15) is 11.5 Å². The first-order valence-electron chi connectivity index (χ1n) is 9.03. The lowest BCUT2D eigenvalue weighted by Crippen LogP contribution is -2.30. The Morgan fingerprint density at radius 3 is 2.67 bits per heavy atom. The molecule has 140 valence electrons. The summed E-state index contributed by atoms with van der Waals surface area (Å²) >= 11 is 5.92. The fourth-order valence-electron chi connectivity index (χ4n) is 3.32. The summed E-state index contributed by atoms with van der Waals surface area (Å²) in [5.74, 6) is 1.47. The number of likely N-dealkylation sites (tertiary alicyclic amines) is 1. The van der Waals surface area contributed by atoms with Gasteiger partial charge in [-0.2, -0.15) is 0 Å². The molecule has 0 N–H and O–H groups in total. The third kappa shape index (κ3) is 3.49. The molecule has 0 bridgehead atoms. The molecule has 7 heteroatoms. The van der Waals surface area contributed by atoms with Gasteiger partial charge in [-0.05, 0) is 37.1 Å². The van der Waals surface area contributed by atoms with Gasteiger partial charge in [0.05, 0.1) is 6.04 Å². The third-order valence-corrected chi connectivity index (χ3v) is 5.08. The minimum absolute atomic E-state index is 0.0931. The van der Waals surface area contributed by atoms with E-state index < -0.39 is 0 Å². The Labute approximate surface area is 162 Å². The van der Waals surface area contributed by atoms with Crippen LogP contribution < -0.4 is 0 Å². The maximum atomic E-state index is 13.0. The van der Waals surface area contributed by atoms with E-state index in [0.29, 0.717) is 23.0 Å². The van der Waals surface area contributed by atoms with E-state index in [4.69, 9.17) is 20.6 Å². The quantitative estimate of drug-likeness (QED) is 0.625. The zero-order chi connectivity index (χ0) is 19.0. The highest BCUT2D eigenvalue weighted by molar-refractivity contribution is 6.30. The van der Waals surface area contributed by atoms with E-state index in [1.165, 1.54) is 0 Å². The van der Waals surface area contributed by atoms with Crippen LogP contribution in [0.3, 0.4) is 0 Å². The SMILES string of the molecule is CC(C)c1cc([C@H]2CCCN2C(=O)c2cc(-c3ccc(Cl)cc3)on2)no1. The molecule has 1 atom stereocenters.